The van der Waals surface area contributed by atoms with Gasteiger partial charge in [-0.1, -0.05) is 36.4 Å². The van der Waals surface area contributed by atoms with Crippen molar-refractivity contribution in [1.29, 1.82) is 0 Å². The zero-order valence-corrected chi connectivity index (χ0v) is 22.9. The second-order valence-electron chi connectivity index (χ2n) is 10.5. The number of ketones is 1. The van der Waals surface area contributed by atoms with Crippen molar-refractivity contribution < 1.29 is 34.5 Å². The number of aliphatic carboxylic acids is 3. The number of carboxylic acid groups (broad SMARTS) is 3. The van der Waals surface area contributed by atoms with Crippen LogP contribution in [-0.2, 0) is 14.4 Å². The third kappa shape index (κ3) is 9.05. The van der Waals surface area contributed by atoms with Crippen molar-refractivity contribution in [2.24, 2.45) is 0 Å². The predicted octanol–water partition coefficient (Wildman–Crippen LogP) is 1.65. The number of fused-ring (bicyclic) bond motifs is 2. The van der Waals surface area contributed by atoms with Crippen LogP contribution in [0.5, 0.6) is 0 Å². The minimum absolute atomic E-state index is 0.0747. The molecule has 0 aromatic heterocycles. The summed E-state index contributed by atoms with van der Waals surface area (Å²) in [6.07, 6.45) is 0. The molecule has 0 atom stereocenters. The number of carbonyl (C=O) groups is 4. The van der Waals surface area contributed by atoms with Gasteiger partial charge in [0.1, 0.15) is 0 Å². The highest BCUT2D eigenvalue weighted by atomic mass is 16.4. The number of hydrogen-bond donors (Lipinski definition) is 3. The standard InChI is InChI=1S/C30H36N4O7/c35-27(25-6-5-24-15-22-3-1-2-4-23(22)16-26(24)17-25)18-31-7-9-32(19-28(36)37)11-13-34(21-30(40)41)14-12-33(10-8-31)20-29(38)39/h1-6,15-17H,7-14,18-21H2,(H,36,37)(H,38,39)(H,40,41). The van der Waals surface area contributed by atoms with Gasteiger partial charge in [0, 0.05) is 57.9 Å². The molecule has 0 saturated carbocycles. The molecule has 4 rings (SSSR count). The summed E-state index contributed by atoms with van der Waals surface area (Å²) >= 11 is 0. The lowest BCUT2D eigenvalue weighted by atomic mass is 10.00. The third-order valence-corrected chi connectivity index (χ3v) is 7.40. The summed E-state index contributed by atoms with van der Waals surface area (Å²) in [5.74, 6) is -3.05. The van der Waals surface area contributed by atoms with Crippen LogP contribution < -0.4 is 0 Å². The highest BCUT2D eigenvalue weighted by Gasteiger charge is 2.21. The van der Waals surface area contributed by atoms with E-state index in [0.717, 1.165) is 21.5 Å². The SMILES string of the molecule is O=C(O)CN1CCN(CC(=O)O)CCN(CC(=O)c2ccc3cc4ccccc4cc3c2)CCN(CC(=O)O)CC1. The van der Waals surface area contributed by atoms with Crippen LogP contribution in [0.3, 0.4) is 0 Å². The van der Waals surface area contributed by atoms with Gasteiger partial charge in [-0.05, 0) is 39.7 Å². The molecule has 3 aromatic carbocycles. The highest BCUT2D eigenvalue weighted by molar-refractivity contribution is 6.04. The maximum Gasteiger partial charge on any atom is 0.317 e. The second kappa shape index (κ2) is 14.1. The maximum absolute atomic E-state index is 13.4. The van der Waals surface area contributed by atoms with Crippen LogP contribution in [0.25, 0.3) is 21.5 Å². The van der Waals surface area contributed by atoms with Gasteiger partial charge in [-0.2, -0.15) is 0 Å². The molecular formula is C30H36N4O7. The molecule has 41 heavy (non-hydrogen) atoms. The first-order valence-corrected chi connectivity index (χ1v) is 13.7. The minimum Gasteiger partial charge on any atom is -0.480 e. The lowest BCUT2D eigenvalue weighted by Crippen LogP contribution is -2.49. The zero-order valence-electron chi connectivity index (χ0n) is 22.9. The molecule has 0 amide bonds. The first-order chi connectivity index (χ1) is 19.7. The molecule has 1 aliphatic rings. The first-order valence-electron chi connectivity index (χ1n) is 13.7. The molecule has 3 aromatic rings. The van der Waals surface area contributed by atoms with Gasteiger partial charge in [0.25, 0.3) is 0 Å². The van der Waals surface area contributed by atoms with Gasteiger partial charge in [-0.15, -0.1) is 0 Å². The van der Waals surface area contributed by atoms with E-state index < -0.39 is 17.9 Å². The monoisotopic (exact) mass is 564 g/mol. The van der Waals surface area contributed by atoms with E-state index in [1.165, 1.54) is 0 Å². The van der Waals surface area contributed by atoms with E-state index in [9.17, 15) is 34.5 Å². The van der Waals surface area contributed by atoms with Gasteiger partial charge in [-0.3, -0.25) is 38.8 Å². The van der Waals surface area contributed by atoms with Crippen LogP contribution in [0, 0.1) is 0 Å². The van der Waals surface area contributed by atoms with Crippen molar-refractivity contribution in [3.63, 3.8) is 0 Å². The van der Waals surface area contributed by atoms with Gasteiger partial charge in [-0.25, -0.2) is 0 Å². The number of rotatable bonds is 9. The lowest BCUT2D eigenvalue weighted by Gasteiger charge is -2.32. The zero-order chi connectivity index (χ0) is 29.4. The molecule has 0 spiro atoms. The topological polar surface area (TPSA) is 142 Å². The summed E-state index contributed by atoms with van der Waals surface area (Å²) in [5.41, 5.74) is 0.577. The van der Waals surface area contributed by atoms with Crippen LogP contribution in [0.1, 0.15) is 10.4 Å². The molecule has 11 heteroatoms. The van der Waals surface area contributed by atoms with Gasteiger partial charge in [0.15, 0.2) is 5.78 Å². The van der Waals surface area contributed by atoms with Crippen LogP contribution >= 0.6 is 0 Å². The molecule has 1 fully saturated rings. The quantitative estimate of drug-likeness (QED) is 0.258. The molecule has 0 bridgehead atoms. The first kappa shape index (κ1) is 30.1. The number of benzene rings is 3. The summed E-state index contributed by atoms with van der Waals surface area (Å²) in [4.78, 5) is 54.9. The lowest BCUT2D eigenvalue weighted by molar-refractivity contribution is -0.140. The van der Waals surface area contributed by atoms with Crippen molar-refractivity contribution in [2.75, 3.05) is 78.5 Å². The summed E-state index contributed by atoms with van der Waals surface area (Å²) in [5, 5.41) is 32.4. The number of nitrogens with zero attached hydrogens (tertiary/aromatic N) is 4. The molecule has 11 nitrogen and oxygen atoms in total. The van der Waals surface area contributed by atoms with Gasteiger partial charge in [0.05, 0.1) is 26.2 Å². The molecule has 218 valence electrons. The third-order valence-electron chi connectivity index (χ3n) is 7.40. The molecule has 0 aliphatic carbocycles. The largest absolute Gasteiger partial charge is 0.480 e. The molecule has 1 saturated heterocycles. The Kier molecular flexibility index (Phi) is 10.4. The maximum atomic E-state index is 13.4. The smallest absolute Gasteiger partial charge is 0.317 e. The Bertz CT molecular complexity index is 1380. The molecular weight excluding hydrogens is 528 g/mol. The van der Waals surface area contributed by atoms with Crippen molar-refractivity contribution in [2.45, 2.75) is 0 Å². The van der Waals surface area contributed by atoms with Gasteiger partial charge >= 0.3 is 17.9 Å². The molecule has 3 N–H and O–H groups in total. The highest BCUT2D eigenvalue weighted by Crippen LogP contribution is 2.24. The van der Waals surface area contributed by atoms with Gasteiger partial charge < -0.3 is 15.3 Å². The molecule has 0 unspecified atom stereocenters. The fourth-order valence-electron chi connectivity index (χ4n) is 5.19. The Morgan fingerprint density at radius 2 is 0.854 bits per heavy atom. The van der Waals surface area contributed by atoms with Crippen molar-refractivity contribution in [3.05, 3.63) is 60.2 Å². The minimum atomic E-state index is -1.00. The van der Waals surface area contributed by atoms with Crippen molar-refractivity contribution >= 4 is 45.2 Å². The Morgan fingerprint density at radius 1 is 0.488 bits per heavy atom. The van der Waals surface area contributed by atoms with Crippen LogP contribution in [-0.4, -0.2) is 137 Å². The van der Waals surface area contributed by atoms with E-state index in [-0.39, 0.29) is 32.0 Å². The van der Waals surface area contributed by atoms with Crippen molar-refractivity contribution in [1.82, 2.24) is 19.6 Å². The number of hydrogen-bond acceptors (Lipinski definition) is 8. The fraction of sp³-hybridized carbons (Fsp3) is 0.400. The normalized spacial score (nSPS) is 17.2. The Morgan fingerprint density at radius 3 is 1.27 bits per heavy atom. The Balaban J connectivity index is 1.52. The Hall–Kier alpha value is -3.90. The Labute approximate surface area is 238 Å². The van der Waals surface area contributed by atoms with E-state index in [2.05, 4.69) is 18.2 Å². The van der Waals surface area contributed by atoms with Crippen LogP contribution in [0.2, 0.25) is 0 Å². The average molecular weight is 565 g/mol. The number of carboxylic acids is 3. The predicted molar refractivity (Wildman–Crippen MR) is 154 cm³/mol. The summed E-state index contributed by atoms with van der Waals surface area (Å²) in [7, 11) is 0. The van der Waals surface area contributed by atoms with E-state index in [0.29, 0.717) is 57.9 Å². The average Bonchev–Trinajstić information content (AvgIpc) is 2.92. The van der Waals surface area contributed by atoms with Crippen molar-refractivity contribution in [3.8, 4) is 0 Å². The summed E-state index contributed by atoms with van der Waals surface area (Å²) in [6, 6.07) is 17.9. The van der Waals surface area contributed by atoms with E-state index in [4.69, 9.17) is 0 Å². The molecule has 1 aliphatic heterocycles. The van der Waals surface area contributed by atoms with Gasteiger partial charge in [0.2, 0.25) is 0 Å². The fourth-order valence-corrected chi connectivity index (χ4v) is 5.19. The molecule has 1 heterocycles. The van der Waals surface area contributed by atoms with E-state index in [1.54, 1.807) is 14.7 Å². The number of Topliss-reactive ketones (excluding diaryl/α,β-unsaturated/α-hetero) is 1. The van der Waals surface area contributed by atoms with E-state index >= 15 is 0 Å². The van der Waals surface area contributed by atoms with Crippen LogP contribution in [0.4, 0.5) is 0 Å². The van der Waals surface area contributed by atoms with E-state index in [1.807, 2.05) is 41.3 Å². The summed E-state index contributed by atoms with van der Waals surface area (Å²) in [6.45, 7) is 2.32. The number of carbonyl (C=O) groups excluding carboxylic acids is 1. The van der Waals surface area contributed by atoms with Crippen LogP contribution in [0.15, 0.2) is 54.6 Å². The molecule has 0 radical (unpaired) electrons. The second-order valence-corrected chi connectivity index (χ2v) is 10.5. The summed E-state index contributed by atoms with van der Waals surface area (Å²) < 4.78 is 0.